The van der Waals surface area contributed by atoms with Crippen LogP contribution in [0.15, 0.2) is 36.5 Å². The Hall–Kier alpha value is -1.44. The lowest BCUT2D eigenvalue weighted by atomic mass is 9.85. The fraction of sp³-hybridized carbons (Fsp3) is 0.873. The molecule has 0 aromatic heterocycles. The van der Waals surface area contributed by atoms with E-state index in [1.165, 1.54) is 148 Å². The first-order valence-corrected chi connectivity index (χ1v) is 29.3. The number of hydrogen-bond donors (Lipinski definition) is 6. The minimum Gasteiger partial charge on any atom is -0.457 e. The SMILES string of the molecule is CCCCC/C=C\C/C=C\C/C=C\CCCCCCCCC(=O)OC(COCCCCCCCCCCCCCCCCCCCCCCCC)COP(=O)(O)OC1C(O)C(O)C(O)C(O)C1O. The van der Waals surface area contributed by atoms with E-state index in [9.17, 15) is 39.8 Å². The molecule has 0 amide bonds. The van der Waals surface area contributed by atoms with Gasteiger partial charge in [-0.15, -0.1) is 0 Å². The molecule has 0 saturated heterocycles. The van der Waals surface area contributed by atoms with Gasteiger partial charge >= 0.3 is 13.8 Å². The fourth-order valence-electron chi connectivity index (χ4n) is 8.60. The van der Waals surface area contributed by atoms with Crippen molar-refractivity contribution in [2.45, 2.75) is 288 Å². The van der Waals surface area contributed by atoms with Crippen LogP contribution in [0.25, 0.3) is 0 Å². The Morgan fingerprint density at radius 1 is 0.471 bits per heavy atom. The molecule has 1 aliphatic rings. The Balaban J connectivity index is 2.30. The van der Waals surface area contributed by atoms with Crippen molar-refractivity contribution in [2.75, 3.05) is 19.8 Å². The Kier molecular flexibility index (Phi) is 43.1. The summed E-state index contributed by atoms with van der Waals surface area (Å²) in [5, 5.41) is 50.4. The first-order valence-electron chi connectivity index (χ1n) is 27.8. The summed E-state index contributed by atoms with van der Waals surface area (Å²) in [6, 6.07) is 0. The molecule has 12 nitrogen and oxygen atoms in total. The Morgan fingerprint density at radius 2 is 0.824 bits per heavy atom. The maximum absolute atomic E-state index is 12.9. The Labute approximate surface area is 414 Å². The number of unbranched alkanes of at least 4 members (excludes halogenated alkanes) is 30. The van der Waals surface area contributed by atoms with Gasteiger partial charge in [0.15, 0.2) is 0 Å². The van der Waals surface area contributed by atoms with Gasteiger partial charge in [-0.1, -0.05) is 224 Å². The van der Waals surface area contributed by atoms with E-state index in [2.05, 4.69) is 50.3 Å². The van der Waals surface area contributed by atoms with E-state index in [1.54, 1.807) is 0 Å². The molecule has 1 rings (SSSR count). The summed E-state index contributed by atoms with van der Waals surface area (Å²) >= 11 is 0. The number of hydrogen-bond acceptors (Lipinski definition) is 11. The van der Waals surface area contributed by atoms with Gasteiger partial charge in [0.25, 0.3) is 0 Å². The highest BCUT2D eigenvalue weighted by Crippen LogP contribution is 2.47. The van der Waals surface area contributed by atoms with Crippen LogP contribution >= 0.6 is 7.82 Å². The first-order chi connectivity index (χ1) is 33.0. The van der Waals surface area contributed by atoms with Gasteiger partial charge in [0.1, 0.15) is 42.7 Å². The maximum Gasteiger partial charge on any atom is 0.472 e. The molecule has 6 atom stereocenters. The third kappa shape index (κ3) is 36.5. The lowest BCUT2D eigenvalue weighted by Gasteiger charge is -2.41. The second kappa shape index (κ2) is 45.4. The molecule has 0 heterocycles. The number of aliphatic hydroxyl groups excluding tert-OH is 5. The van der Waals surface area contributed by atoms with Crippen LogP contribution in [0.2, 0.25) is 0 Å². The molecular formula is C55H103O12P. The molecule has 1 aliphatic carbocycles. The summed E-state index contributed by atoms with van der Waals surface area (Å²) in [6.07, 6.45) is 43.5. The van der Waals surface area contributed by atoms with Crippen LogP contribution in [0.1, 0.15) is 245 Å². The third-order valence-corrected chi connectivity index (χ3v) is 14.0. The Morgan fingerprint density at radius 3 is 1.28 bits per heavy atom. The number of ether oxygens (including phenoxy) is 2. The van der Waals surface area contributed by atoms with Gasteiger partial charge in [0.05, 0.1) is 13.2 Å². The summed E-state index contributed by atoms with van der Waals surface area (Å²) < 4.78 is 34.4. The van der Waals surface area contributed by atoms with E-state index in [-0.39, 0.29) is 13.0 Å². The molecule has 0 radical (unpaired) electrons. The average molecular weight is 987 g/mol. The lowest BCUT2D eigenvalue weighted by molar-refractivity contribution is -0.220. The van der Waals surface area contributed by atoms with Gasteiger partial charge < -0.3 is 39.9 Å². The zero-order valence-electron chi connectivity index (χ0n) is 43.2. The largest absolute Gasteiger partial charge is 0.472 e. The molecule has 0 spiro atoms. The zero-order valence-corrected chi connectivity index (χ0v) is 44.1. The van der Waals surface area contributed by atoms with E-state index in [4.69, 9.17) is 18.5 Å². The minimum absolute atomic E-state index is 0.0788. The van der Waals surface area contributed by atoms with Crippen molar-refractivity contribution < 1.29 is 58.3 Å². The molecule has 13 heteroatoms. The number of esters is 1. The molecule has 6 N–H and O–H groups in total. The van der Waals surface area contributed by atoms with Gasteiger partial charge in [-0.05, 0) is 51.4 Å². The number of aliphatic hydroxyl groups is 5. The standard InChI is InChI=1S/C55H103O12P/c1-3-5-7-9-11-13-15-17-19-21-23-24-25-27-29-31-33-35-37-39-41-43-45-64-46-48(47-65-68(62,63)67-55-53(60)51(58)50(57)52(59)54(55)61)66-49(56)44-42-40-38-36-34-32-30-28-26-22-20-18-16-14-12-10-8-6-4-2/h12,14,18,20,26,28,48,50-55,57-61H,3-11,13,15-17,19,21-25,27,29-47H2,1-2H3,(H,62,63)/b14-12-,20-18-,28-26-. The molecule has 0 aromatic carbocycles. The van der Waals surface area contributed by atoms with E-state index in [1.807, 2.05) is 0 Å². The number of carbonyl (C=O) groups is 1. The van der Waals surface area contributed by atoms with Crippen LogP contribution < -0.4 is 0 Å². The van der Waals surface area contributed by atoms with Crippen LogP contribution in [0, 0.1) is 0 Å². The topological polar surface area (TPSA) is 192 Å². The van der Waals surface area contributed by atoms with Crippen LogP contribution in [0.3, 0.4) is 0 Å². The highest BCUT2D eigenvalue weighted by molar-refractivity contribution is 7.47. The van der Waals surface area contributed by atoms with Gasteiger partial charge in [-0.2, -0.15) is 0 Å². The average Bonchev–Trinajstić information content (AvgIpc) is 3.32. The number of carbonyl (C=O) groups excluding carboxylic acids is 1. The molecule has 1 fully saturated rings. The minimum atomic E-state index is -5.03. The zero-order chi connectivity index (χ0) is 49.8. The van der Waals surface area contributed by atoms with Crippen molar-refractivity contribution in [1.29, 1.82) is 0 Å². The van der Waals surface area contributed by atoms with Crippen molar-refractivity contribution in [3.8, 4) is 0 Å². The summed E-state index contributed by atoms with van der Waals surface area (Å²) in [5.74, 6) is -0.485. The van der Waals surface area contributed by atoms with Crippen molar-refractivity contribution >= 4 is 13.8 Å². The summed E-state index contributed by atoms with van der Waals surface area (Å²) in [5.41, 5.74) is 0. The first kappa shape index (κ1) is 64.6. The predicted octanol–water partition coefficient (Wildman–Crippen LogP) is 13.0. The van der Waals surface area contributed by atoms with Crippen LogP contribution in [0.5, 0.6) is 0 Å². The second-order valence-corrected chi connectivity index (χ2v) is 20.8. The predicted molar refractivity (Wildman–Crippen MR) is 276 cm³/mol. The monoisotopic (exact) mass is 987 g/mol. The number of allylic oxidation sites excluding steroid dienone is 6. The molecule has 400 valence electrons. The van der Waals surface area contributed by atoms with Crippen LogP contribution in [-0.2, 0) is 27.9 Å². The summed E-state index contributed by atoms with van der Waals surface area (Å²) in [6.45, 7) is 4.27. The van der Waals surface area contributed by atoms with Crippen LogP contribution in [-0.4, -0.2) is 98.9 Å². The van der Waals surface area contributed by atoms with E-state index >= 15 is 0 Å². The van der Waals surface area contributed by atoms with Crippen molar-refractivity contribution in [2.24, 2.45) is 0 Å². The van der Waals surface area contributed by atoms with E-state index in [0.717, 1.165) is 70.6 Å². The summed E-state index contributed by atoms with van der Waals surface area (Å²) in [4.78, 5) is 23.3. The molecule has 0 bridgehead atoms. The molecular weight excluding hydrogens is 884 g/mol. The van der Waals surface area contributed by atoms with Gasteiger partial charge in [-0.3, -0.25) is 13.8 Å². The highest BCUT2D eigenvalue weighted by atomic mass is 31.2. The van der Waals surface area contributed by atoms with Gasteiger partial charge in [0.2, 0.25) is 0 Å². The molecule has 1 saturated carbocycles. The molecule has 68 heavy (non-hydrogen) atoms. The van der Waals surface area contributed by atoms with Crippen molar-refractivity contribution in [3.05, 3.63) is 36.5 Å². The Bertz CT molecular complexity index is 1260. The van der Waals surface area contributed by atoms with Crippen molar-refractivity contribution in [1.82, 2.24) is 0 Å². The van der Waals surface area contributed by atoms with Crippen LogP contribution in [0.4, 0.5) is 0 Å². The van der Waals surface area contributed by atoms with E-state index < -0.39 is 63.1 Å². The third-order valence-electron chi connectivity index (χ3n) is 13.0. The molecule has 6 unspecified atom stereocenters. The fourth-order valence-corrected chi connectivity index (χ4v) is 9.57. The van der Waals surface area contributed by atoms with Crippen molar-refractivity contribution in [3.63, 3.8) is 0 Å². The smallest absolute Gasteiger partial charge is 0.457 e. The normalized spacial score (nSPS) is 21.4. The number of rotatable bonds is 48. The van der Waals surface area contributed by atoms with E-state index in [0.29, 0.717) is 13.0 Å². The molecule has 0 aliphatic heterocycles. The van der Waals surface area contributed by atoms with Gasteiger partial charge in [0, 0.05) is 13.0 Å². The summed E-state index contributed by atoms with van der Waals surface area (Å²) in [7, 11) is -5.03. The lowest BCUT2D eigenvalue weighted by Crippen LogP contribution is -2.64. The number of phosphoric acid groups is 1. The highest BCUT2D eigenvalue weighted by Gasteiger charge is 2.51. The number of phosphoric ester groups is 1. The maximum atomic E-state index is 12.9. The van der Waals surface area contributed by atoms with Gasteiger partial charge in [-0.25, -0.2) is 4.57 Å². The molecule has 0 aromatic rings. The second-order valence-electron chi connectivity index (χ2n) is 19.4. The quantitative estimate of drug-likeness (QED) is 0.0147.